The molecule has 90 valence electrons. The summed E-state index contributed by atoms with van der Waals surface area (Å²) in [6.07, 6.45) is 1.70. The molecule has 0 spiro atoms. The molecule has 0 fully saturated rings. The fourth-order valence-electron chi connectivity index (χ4n) is 1.94. The van der Waals surface area contributed by atoms with Crippen molar-refractivity contribution in [3.63, 3.8) is 0 Å². The zero-order chi connectivity index (χ0) is 12.7. The molecule has 0 unspecified atom stereocenters. The first-order valence-electron chi connectivity index (χ1n) is 5.56. The number of benzene rings is 1. The Kier molecular flexibility index (Phi) is 2.30. The van der Waals surface area contributed by atoms with Crippen LogP contribution in [0.3, 0.4) is 0 Å². The summed E-state index contributed by atoms with van der Waals surface area (Å²) in [5.41, 5.74) is 8.16. The van der Waals surface area contributed by atoms with Crippen LogP contribution in [-0.4, -0.2) is 4.98 Å². The lowest BCUT2D eigenvalue weighted by molar-refractivity contribution is 0.568. The third-order valence-corrected chi connectivity index (χ3v) is 2.78. The molecule has 0 radical (unpaired) electrons. The minimum absolute atomic E-state index is 0.231. The van der Waals surface area contributed by atoms with Gasteiger partial charge in [0.05, 0.1) is 5.69 Å². The van der Waals surface area contributed by atoms with Gasteiger partial charge in [0.25, 0.3) is 0 Å². The van der Waals surface area contributed by atoms with Crippen molar-refractivity contribution in [2.75, 3.05) is 5.73 Å². The molecule has 0 aliphatic rings. The van der Waals surface area contributed by atoms with E-state index in [9.17, 15) is 4.39 Å². The van der Waals surface area contributed by atoms with Crippen molar-refractivity contribution in [2.45, 2.75) is 6.92 Å². The molecule has 0 aliphatic carbocycles. The number of anilines is 1. The van der Waals surface area contributed by atoms with Crippen LogP contribution in [0.5, 0.6) is 0 Å². The fraction of sp³-hybridized carbons (Fsp3) is 0.0714. The second-order valence-corrected chi connectivity index (χ2v) is 4.22. The number of hydrogen-bond acceptors (Lipinski definition) is 3. The number of furan rings is 1. The van der Waals surface area contributed by atoms with Crippen LogP contribution >= 0.6 is 0 Å². The number of halogens is 1. The Morgan fingerprint density at radius 3 is 2.83 bits per heavy atom. The van der Waals surface area contributed by atoms with Gasteiger partial charge >= 0.3 is 0 Å². The van der Waals surface area contributed by atoms with E-state index in [0.717, 1.165) is 5.56 Å². The van der Waals surface area contributed by atoms with Crippen LogP contribution in [0, 0.1) is 12.7 Å². The van der Waals surface area contributed by atoms with E-state index in [0.29, 0.717) is 22.5 Å². The van der Waals surface area contributed by atoms with Gasteiger partial charge < -0.3 is 10.2 Å². The third-order valence-electron chi connectivity index (χ3n) is 2.78. The molecule has 2 heterocycles. The molecule has 3 nitrogen and oxygen atoms in total. The predicted molar refractivity (Wildman–Crippen MR) is 68.6 cm³/mol. The zero-order valence-electron chi connectivity index (χ0n) is 9.77. The quantitative estimate of drug-likeness (QED) is 0.710. The van der Waals surface area contributed by atoms with Crippen LogP contribution in [0.2, 0.25) is 0 Å². The number of nitrogen functional groups attached to an aromatic ring is 1. The van der Waals surface area contributed by atoms with Gasteiger partial charge in [-0.2, -0.15) is 0 Å². The van der Waals surface area contributed by atoms with Crippen molar-refractivity contribution in [3.8, 4) is 11.5 Å². The van der Waals surface area contributed by atoms with Crippen LogP contribution in [-0.2, 0) is 0 Å². The first-order valence-corrected chi connectivity index (χ1v) is 5.56. The van der Waals surface area contributed by atoms with Crippen molar-refractivity contribution in [3.05, 3.63) is 47.9 Å². The maximum Gasteiger partial charge on any atom is 0.170 e. The van der Waals surface area contributed by atoms with Gasteiger partial charge in [-0.15, -0.1) is 0 Å². The van der Waals surface area contributed by atoms with Gasteiger partial charge in [-0.1, -0.05) is 12.1 Å². The molecule has 0 saturated carbocycles. The van der Waals surface area contributed by atoms with Crippen LogP contribution < -0.4 is 5.73 Å². The molecule has 18 heavy (non-hydrogen) atoms. The maximum absolute atomic E-state index is 13.5. The number of para-hydroxylation sites is 1. The lowest BCUT2D eigenvalue weighted by Crippen LogP contribution is -1.93. The van der Waals surface area contributed by atoms with E-state index in [1.54, 1.807) is 24.4 Å². The van der Waals surface area contributed by atoms with Crippen molar-refractivity contribution in [2.24, 2.45) is 0 Å². The highest BCUT2D eigenvalue weighted by molar-refractivity contribution is 5.84. The molecule has 0 amide bonds. The van der Waals surface area contributed by atoms with Crippen molar-refractivity contribution >= 4 is 16.7 Å². The smallest absolute Gasteiger partial charge is 0.170 e. The van der Waals surface area contributed by atoms with Crippen molar-refractivity contribution < 1.29 is 8.81 Å². The monoisotopic (exact) mass is 242 g/mol. The Hall–Kier alpha value is -2.36. The van der Waals surface area contributed by atoms with E-state index in [1.165, 1.54) is 6.07 Å². The van der Waals surface area contributed by atoms with Crippen LogP contribution in [0.25, 0.3) is 22.4 Å². The zero-order valence-corrected chi connectivity index (χ0v) is 9.77. The highest BCUT2D eigenvalue weighted by atomic mass is 19.1. The fourth-order valence-corrected chi connectivity index (χ4v) is 1.94. The van der Waals surface area contributed by atoms with E-state index >= 15 is 0 Å². The van der Waals surface area contributed by atoms with Crippen molar-refractivity contribution in [1.82, 2.24) is 4.98 Å². The van der Waals surface area contributed by atoms with Crippen molar-refractivity contribution in [1.29, 1.82) is 0 Å². The molecular weight excluding hydrogens is 231 g/mol. The number of nitrogens with two attached hydrogens (primary N) is 1. The number of fused-ring (bicyclic) bond motifs is 1. The van der Waals surface area contributed by atoms with Crippen LogP contribution in [0.4, 0.5) is 10.1 Å². The summed E-state index contributed by atoms with van der Waals surface area (Å²) in [5, 5.41) is 0.701. The average Bonchev–Trinajstić information content (AvgIpc) is 2.74. The minimum atomic E-state index is -0.385. The Balaban J connectivity index is 2.23. The second kappa shape index (κ2) is 3.84. The summed E-state index contributed by atoms with van der Waals surface area (Å²) in [7, 11) is 0. The van der Waals surface area contributed by atoms with E-state index in [1.807, 2.05) is 13.0 Å². The normalized spacial score (nSPS) is 11.0. The summed E-state index contributed by atoms with van der Waals surface area (Å²) >= 11 is 0. The van der Waals surface area contributed by atoms with Gasteiger partial charge in [-0.25, -0.2) is 4.39 Å². The largest absolute Gasteiger partial charge is 0.451 e. The summed E-state index contributed by atoms with van der Waals surface area (Å²) < 4.78 is 19.0. The van der Waals surface area contributed by atoms with E-state index in [-0.39, 0.29) is 11.4 Å². The standard InChI is InChI=1S/C14H11FN2O/c1-8-5-11(16)13(17-7-8)12-6-9-3-2-4-10(15)14(9)18-12/h2-7H,16H2,1H3. The maximum atomic E-state index is 13.5. The Bertz CT molecular complexity index is 734. The minimum Gasteiger partial charge on any atom is -0.451 e. The molecule has 0 saturated heterocycles. The van der Waals surface area contributed by atoms with E-state index < -0.39 is 0 Å². The third kappa shape index (κ3) is 1.62. The Morgan fingerprint density at radius 2 is 2.11 bits per heavy atom. The summed E-state index contributed by atoms with van der Waals surface area (Å²) in [4.78, 5) is 4.23. The first-order chi connectivity index (χ1) is 8.65. The molecule has 0 bridgehead atoms. The SMILES string of the molecule is Cc1cnc(-c2cc3cccc(F)c3o2)c(N)c1. The summed E-state index contributed by atoms with van der Waals surface area (Å²) in [5.74, 6) is 0.0945. The summed E-state index contributed by atoms with van der Waals surface area (Å²) in [6, 6.07) is 8.35. The highest BCUT2D eigenvalue weighted by Crippen LogP contribution is 2.31. The molecule has 2 N–H and O–H groups in total. The molecular formula is C14H11FN2O. The molecule has 2 aromatic heterocycles. The van der Waals surface area contributed by atoms with Gasteiger partial charge in [-0.3, -0.25) is 4.98 Å². The predicted octanol–water partition coefficient (Wildman–Crippen LogP) is 3.52. The van der Waals surface area contributed by atoms with Crippen LogP contribution in [0.15, 0.2) is 40.9 Å². The molecule has 4 heteroatoms. The molecule has 3 aromatic rings. The lowest BCUT2D eigenvalue weighted by Gasteiger charge is -2.01. The number of hydrogen-bond donors (Lipinski definition) is 1. The number of nitrogens with zero attached hydrogens (tertiary/aromatic N) is 1. The van der Waals surface area contributed by atoms with Crippen LogP contribution in [0.1, 0.15) is 5.56 Å². The average molecular weight is 242 g/mol. The molecule has 1 aromatic carbocycles. The van der Waals surface area contributed by atoms with Gasteiger partial charge in [0, 0.05) is 11.6 Å². The number of aromatic nitrogens is 1. The van der Waals surface area contributed by atoms with E-state index in [2.05, 4.69) is 4.98 Å². The molecule has 0 aliphatic heterocycles. The molecule has 0 atom stereocenters. The number of pyridine rings is 1. The topological polar surface area (TPSA) is 52.0 Å². The Morgan fingerprint density at radius 1 is 1.28 bits per heavy atom. The van der Waals surface area contributed by atoms with Gasteiger partial charge in [0.2, 0.25) is 0 Å². The van der Waals surface area contributed by atoms with Gasteiger partial charge in [-0.05, 0) is 30.7 Å². The summed E-state index contributed by atoms with van der Waals surface area (Å²) in [6.45, 7) is 1.91. The first kappa shape index (κ1) is 10.8. The van der Waals surface area contributed by atoms with E-state index in [4.69, 9.17) is 10.2 Å². The Labute approximate surface area is 103 Å². The van der Waals surface area contributed by atoms with Gasteiger partial charge in [0.1, 0.15) is 5.69 Å². The number of rotatable bonds is 1. The second-order valence-electron chi connectivity index (χ2n) is 4.22. The highest BCUT2D eigenvalue weighted by Gasteiger charge is 2.12. The molecule has 3 rings (SSSR count). The lowest BCUT2D eigenvalue weighted by atomic mass is 10.2. The van der Waals surface area contributed by atoms with Gasteiger partial charge in [0.15, 0.2) is 17.2 Å². The number of aryl methyl sites for hydroxylation is 1.